The van der Waals surface area contributed by atoms with Gasteiger partial charge >= 0.3 is 0 Å². The third-order valence-electron chi connectivity index (χ3n) is 4.38. The van der Waals surface area contributed by atoms with Crippen molar-refractivity contribution in [3.63, 3.8) is 0 Å². The highest BCUT2D eigenvalue weighted by Gasteiger charge is 2.22. The lowest BCUT2D eigenvalue weighted by Gasteiger charge is -2.25. The molecule has 1 fully saturated rings. The number of methoxy groups -OCH3 is 1. The fraction of sp³-hybridized carbons (Fsp3) is 0.350. The number of carbonyl (C=O) groups excluding carboxylic acids is 1. The molecule has 4 nitrogen and oxygen atoms in total. The Bertz CT molecular complexity index is 754. The molecule has 2 aromatic rings. The van der Waals surface area contributed by atoms with E-state index in [0.717, 1.165) is 34.9 Å². The van der Waals surface area contributed by atoms with Crippen molar-refractivity contribution < 1.29 is 9.53 Å². The molecule has 0 aliphatic carbocycles. The lowest BCUT2D eigenvalue weighted by atomic mass is 9.98. The predicted octanol–water partition coefficient (Wildman–Crippen LogP) is 4.07. The average Bonchev–Trinajstić information content (AvgIpc) is 2.67. The normalized spacial score (nSPS) is 17.5. The van der Waals surface area contributed by atoms with Crippen LogP contribution in [0.2, 0.25) is 5.02 Å². The third kappa shape index (κ3) is 6.04. The van der Waals surface area contributed by atoms with Gasteiger partial charge in [0, 0.05) is 35.5 Å². The van der Waals surface area contributed by atoms with E-state index in [1.807, 2.05) is 60.3 Å². The largest absolute Gasteiger partial charge is 0.497 e. The first kappa shape index (κ1) is 21.9. The molecule has 0 aromatic heterocycles. The van der Waals surface area contributed by atoms with Gasteiger partial charge in [-0.15, -0.1) is 12.4 Å². The van der Waals surface area contributed by atoms with Crippen molar-refractivity contribution in [2.45, 2.75) is 18.5 Å². The number of nitrogens with one attached hydrogen (secondary N) is 2. The maximum absolute atomic E-state index is 12.7. The van der Waals surface area contributed by atoms with Gasteiger partial charge in [-0.3, -0.25) is 4.79 Å². The number of ether oxygens (including phenoxy) is 1. The van der Waals surface area contributed by atoms with E-state index in [0.29, 0.717) is 11.4 Å². The van der Waals surface area contributed by atoms with Crippen molar-refractivity contribution in [3.05, 3.63) is 64.7 Å². The van der Waals surface area contributed by atoms with Gasteiger partial charge in [0.25, 0.3) is 0 Å². The topological polar surface area (TPSA) is 50.4 Å². The highest BCUT2D eigenvalue weighted by Crippen LogP contribution is 2.30. The van der Waals surface area contributed by atoms with Crippen LogP contribution in [0.3, 0.4) is 0 Å². The zero-order chi connectivity index (χ0) is 18.4. The molecule has 2 N–H and O–H groups in total. The van der Waals surface area contributed by atoms with Crippen LogP contribution >= 0.6 is 35.8 Å². The van der Waals surface area contributed by atoms with Crippen LogP contribution in [0.1, 0.15) is 23.6 Å². The van der Waals surface area contributed by atoms with E-state index < -0.39 is 0 Å². The molecule has 7 heteroatoms. The van der Waals surface area contributed by atoms with Gasteiger partial charge in [0.05, 0.1) is 13.2 Å². The van der Waals surface area contributed by atoms with Crippen LogP contribution in [0, 0.1) is 0 Å². The van der Waals surface area contributed by atoms with Crippen LogP contribution in [0.15, 0.2) is 48.5 Å². The minimum atomic E-state index is -0.317. The number of hydrogen-bond acceptors (Lipinski definition) is 4. The molecular formula is C20H24Cl2N2O2S. The first-order valence-electron chi connectivity index (χ1n) is 8.66. The van der Waals surface area contributed by atoms with Crippen LogP contribution in [0.4, 0.5) is 0 Å². The van der Waals surface area contributed by atoms with Gasteiger partial charge in [0.15, 0.2) is 0 Å². The minimum Gasteiger partial charge on any atom is -0.497 e. The molecule has 0 bridgehead atoms. The number of thioether (sulfide) groups is 1. The van der Waals surface area contributed by atoms with Crippen molar-refractivity contribution in [1.29, 1.82) is 0 Å². The Morgan fingerprint density at radius 1 is 1.33 bits per heavy atom. The maximum atomic E-state index is 12.7. The van der Waals surface area contributed by atoms with E-state index in [1.54, 1.807) is 7.11 Å². The standard InChI is InChI=1S/C20H23ClN2O2S.ClH/c1-25-16-6-4-5-14(11-16)20(17-7-2-3-8-18(17)21)23-19(24)12-15-13-26-10-9-22-15;/h2-8,11,15,20,22H,9-10,12-13H2,1H3,(H,23,24);1H. The van der Waals surface area contributed by atoms with Crippen LogP contribution in [0.25, 0.3) is 0 Å². The molecule has 1 saturated heterocycles. The Balaban J connectivity index is 0.00000261. The summed E-state index contributed by atoms with van der Waals surface area (Å²) in [7, 11) is 1.63. The Morgan fingerprint density at radius 2 is 2.15 bits per heavy atom. The number of amides is 1. The summed E-state index contributed by atoms with van der Waals surface area (Å²) in [6, 6.07) is 15.2. The number of rotatable bonds is 6. The van der Waals surface area contributed by atoms with Gasteiger partial charge in [-0.05, 0) is 29.3 Å². The summed E-state index contributed by atoms with van der Waals surface area (Å²) in [6.07, 6.45) is 0.456. The zero-order valence-corrected chi connectivity index (χ0v) is 17.5. The van der Waals surface area contributed by atoms with Crippen LogP contribution in [0.5, 0.6) is 5.75 Å². The number of benzene rings is 2. The summed E-state index contributed by atoms with van der Waals surface area (Å²) < 4.78 is 5.34. The van der Waals surface area contributed by atoms with Crippen LogP contribution in [-0.4, -0.2) is 37.1 Å². The lowest BCUT2D eigenvalue weighted by Crippen LogP contribution is -2.42. The van der Waals surface area contributed by atoms with Crippen LogP contribution in [-0.2, 0) is 4.79 Å². The summed E-state index contributed by atoms with van der Waals surface area (Å²) in [5.74, 6) is 2.82. The molecule has 2 aromatic carbocycles. The van der Waals surface area contributed by atoms with E-state index in [9.17, 15) is 4.79 Å². The summed E-state index contributed by atoms with van der Waals surface area (Å²) in [4.78, 5) is 12.7. The minimum absolute atomic E-state index is 0. The fourth-order valence-electron chi connectivity index (χ4n) is 3.07. The second-order valence-electron chi connectivity index (χ2n) is 6.23. The Labute approximate surface area is 175 Å². The van der Waals surface area contributed by atoms with Gasteiger partial charge in [0.1, 0.15) is 5.75 Å². The first-order chi connectivity index (χ1) is 12.7. The Morgan fingerprint density at radius 3 is 2.85 bits per heavy atom. The fourth-order valence-corrected chi connectivity index (χ4v) is 4.26. The molecule has 3 rings (SSSR count). The van der Waals surface area contributed by atoms with Gasteiger partial charge in [0.2, 0.25) is 5.91 Å². The molecule has 1 amide bonds. The SMILES string of the molecule is COc1cccc(C(NC(=O)CC2CSCCN2)c2ccccc2Cl)c1.Cl. The van der Waals surface area contributed by atoms with Crippen molar-refractivity contribution in [3.8, 4) is 5.75 Å². The molecule has 2 unspecified atom stereocenters. The molecule has 146 valence electrons. The van der Waals surface area contributed by atoms with E-state index in [4.69, 9.17) is 16.3 Å². The molecule has 0 radical (unpaired) electrons. The van der Waals surface area contributed by atoms with Crippen molar-refractivity contribution in [2.24, 2.45) is 0 Å². The van der Waals surface area contributed by atoms with Gasteiger partial charge in [-0.2, -0.15) is 11.8 Å². The van der Waals surface area contributed by atoms with Gasteiger partial charge < -0.3 is 15.4 Å². The van der Waals surface area contributed by atoms with Gasteiger partial charge in [-0.1, -0.05) is 41.9 Å². The predicted molar refractivity (Wildman–Crippen MR) is 115 cm³/mol. The molecule has 2 atom stereocenters. The van der Waals surface area contributed by atoms with E-state index in [2.05, 4.69) is 10.6 Å². The Kier molecular flexibility index (Phi) is 8.77. The quantitative estimate of drug-likeness (QED) is 0.730. The summed E-state index contributed by atoms with van der Waals surface area (Å²) in [5, 5.41) is 7.20. The number of carbonyl (C=O) groups is 1. The monoisotopic (exact) mass is 426 g/mol. The van der Waals surface area contributed by atoms with Crippen LogP contribution < -0.4 is 15.4 Å². The summed E-state index contributed by atoms with van der Waals surface area (Å²) in [6.45, 7) is 0.951. The number of halogens is 2. The molecule has 0 spiro atoms. The highest BCUT2D eigenvalue weighted by atomic mass is 35.5. The molecule has 1 aliphatic heterocycles. The van der Waals surface area contributed by atoms with Gasteiger partial charge in [-0.25, -0.2) is 0 Å². The molecule has 1 heterocycles. The van der Waals surface area contributed by atoms with Crippen molar-refractivity contribution >= 4 is 41.7 Å². The smallest absolute Gasteiger partial charge is 0.222 e. The average molecular weight is 427 g/mol. The second kappa shape index (κ2) is 10.8. The third-order valence-corrected chi connectivity index (χ3v) is 5.85. The summed E-state index contributed by atoms with van der Waals surface area (Å²) >= 11 is 8.30. The molecule has 0 saturated carbocycles. The van der Waals surface area contributed by atoms with Crippen molar-refractivity contribution in [1.82, 2.24) is 10.6 Å². The maximum Gasteiger partial charge on any atom is 0.222 e. The lowest BCUT2D eigenvalue weighted by molar-refractivity contribution is -0.122. The Hall–Kier alpha value is -1.40. The van der Waals surface area contributed by atoms with Crippen molar-refractivity contribution in [2.75, 3.05) is 25.2 Å². The molecule has 27 heavy (non-hydrogen) atoms. The van der Waals surface area contributed by atoms with E-state index in [1.165, 1.54) is 0 Å². The van der Waals surface area contributed by atoms with E-state index >= 15 is 0 Å². The highest BCUT2D eigenvalue weighted by molar-refractivity contribution is 7.99. The van der Waals surface area contributed by atoms with E-state index in [-0.39, 0.29) is 30.4 Å². The first-order valence-corrected chi connectivity index (χ1v) is 10.2. The zero-order valence-electron chi connectivity index (χ0n) is 15.1. The number of hydrogen-bond donors (Lipinski definition) is 2. The second-order valence-corrected chi connectivity index (χ2v) is 7.79. The molecular weight excluding hydrogens is 403 g/mol. The molecule has 1 aliphatic rings. The summed E-state index contributed by atoms with van der Waals surface area (Å²) in [5.41, 5.74) is 1.82.